The van der Waals surface area contributed by atoms with Gasteiger partial charge >= 0.3 is 0 Å². The molecule has 0 radical (unpaired) electrons. The Hall–Kier alpha value is -1.39. The number of nitrogens with zero attached hydrogens (tertiary/aromatic N) is 3. The van der Waals surface area contributed by atoms with E-state index < -0.39 is 6.10 Å². The maximum atomic E-state index is 9.89. The predicted octanol–water partition coefficient (Wildman–Crippen LogP) is 2.43. The number of rotatable bonds is 6. The maximum absolute atomic E-state index is 9.89. The van der Waals surface area contributed by atoms with Gasteiger partial charge in [-0.3, -0.25) is 0 Å². The van der Waals surface area contributed by atoms with Crippen molar-refractivity contribution in [3.8, 4) is 0 Å². The van der Waals surface area contributed by atoms with Gasteiger partial charge in [-0.25, -0.2) is 4.98 Å². The van der Waals surface area contributed by atoms with Crippen molar-refractivity contribution >= 4 is 11.0 Å². The normalized spacial score (nSPS) is 13.3. The first-order valence-corrected chi connectivity index (χ1v) is 7.03. The number of benzene rings is 1. The molecule has 1 N–H and O–H groups in total. The molecule has 0 spiro atoms. The van der Waals surface area contributed by atoms with Gasteiger partial charge in [-0.1, -0.05) is 26.0 Å². The van der Waals surface area contributed by atoms with Crippen LogP contribution in [0.1, 0.15) is 32.7 Å². The molecule has 1 aromatic heterocycles. The largest absolute Gasteiger partial charge is 0.385 e. The van der Waals surface area contributed by atoms with Gasteiger partial charge in [0.1, 0.15) is 11.9 Å². The lowest BCUT2D eigenvalue weighted by Crippen LogP contribution is -2.27. The zero-order valence-corrected chi connectivity index (χ0v) is 12.0. The summed E-state index contributed by atoms with van der Waals surface area (Å²) in [6.45, 7) is 10.1. The van der Waals surface area contributed by atoms with Crippen LogP contribution in [0, 0.1) is 0 Å². The number of fused-ring (bicyclic) bond motifs is 1. The lowest BCUT2D eigenvalue weighted by molar-refractivity contribution is 0.182. The molecule has 2 aromatic rings. The Morgan fingerprint density at radius 1 is 1.26 bits per heavy atom. The summed E-state index contributed by atoms with van der Waals surface area (Å²) < 4.78 is 2.14. The summed E-state index contributed by atoms with van der Waals surface area (Å²) in [6.07, 6.45) is -0.538. The van der Waals surface area contributed by atoms with Crippen LogP contribution in [0.2, 0.25) is 0 Å². The highest BCUT2D eigenvalue weighted by Crippen LogP contribution is 2.20. The molecule has 19 heavy (non-hydrogen) atoms. The van der Waals surface area contributed by atoms with Gasteiger partial charge < -0.3 is 14.6 Å². The van der Waals surface area contributed by atoms with E-state index in [0.29, 0.717) is 0 Å². The molecular formula is C15H23N3O. The van der Waals surface area contributed by atoms with E-state index >= 15 is 0 Å². The molecule has 1 aromatic carbocycles. The maximum Gasteiger partial charge on any atom is 0.138 e. The highest BCUT2D eigenvalue weighted by molar-refractivity contribution is 5.75. The Morgan fingerprint density at radius 2 is 1.95 bits per heavy atom. The Kier molecular flexibility index (Phi) is 4.56. The van der Waals surface area contributed by atoms with Crippen molar-refractivity contribution in [3.05, 3.63) is 30.1 Å². The van der Waals surface area contributed by atoms with Gasteiger partial charge in [-0.15, -0.1) is 0 Å². The zero-order valence-electron chi connectivity index (χ0n) is 12.0. The first kappa shape index (κ1) is 14.0. The van der Waals surface area contributed by atoms with E-state index in [1.54, 1.807) is 6.92 Å². The summed E-state index contributed by atoms with van der Waals surface area (Å²) in [5.74, 6) is 0.758. The van der Waals surface area contributed by atoms with Crippen LogP contribution in [0.25, 0.3) is 11.0 Å². The van der Waals surface area contributed by atoms with Gasteiger partial charge in [0.25, 0.3) is 0 Å². The van der Waals surface area contributed by atoms with E-state index in [1.165, 1.54) is 0 Å². The number of aromatic nitrogens is 2. The summed E-state index contributed by atoms with van der Waals surface area (Å²) in [4.78, 5) is 6.91. The Balaban J connectivity index is 2.31. The molecule has 0 amide bonds. The number of imidazole rings is 1. The number of hydrogen-bond acceptors (Lipinski definition) is 3. The average molecular weight is 261 g/mol. The van der Waals surface area contributed by atoms with Gasteiger partial charge in [0, 0.05) is 13.1 Å². The molecule has 0 aliphatic carbocycles. The van der Waals surface area contributed by atoms with Crippen molar-refractivity contribution in [1.82, 2.24) is 14.5 Å². The predicted molar refractivity (Wildman–Crippen MR) is 78.2 cm³/mol. The van der Waals surface area contributed by atoms with Crippen LogP contribution in [0.5, 0.6) is 0 Å². The van der Waals surface area contributed by atoms with Crippen LogP contribution in [0.15, 0.2) is 24.3 Å². The minimum absolute atomic E-state index is 0.538. The van der Waals surface area contributed by atoms with Gasteiger partial charge in [0.15, 0.2) is 0 Å². The van der Waals surface area contributed by atoms with Gasteiger partial charge in [0.2, 0.25) is 0 Å². The van der Waals surface area contributed by atoms with Crippen molar-refractivity contribution in [2.75, 3.05) is 19.6 Å². The molecule has 0 fully saturated rings. The Morgan fingerprint density at radius 3 is 2.58 bits per heavy atom. The fraction of sp³-hybridized carbons (Fsp3) is 0.533. The van der Waals surface area contributed by atoms with Crippen LogP contribution < -0.4 is 0 Å². The fourth-order valence-electron chi connectivity index (χ4n) is 2.43. The third kappa shape index (κ3) is 2.96. The third-order valence-electron chi connectivity index (χ3n) is 3.59. The molecule has 104 valence electrons. The quantitative estimate of drug-likeness (QED) is 0.868. The first-order valence-electron chi connectivity index (χ1n) is 7.03. The zero-order chi connectivity index (χ0) is 13.8. The van der Waals surface area contributed by atoms with Gasteiger partial charge in [0.05, 0.1) is 11.0 Å². The van der Waals surface area contributed by atoms with Crippen LogP contribution in [0.3, 0.4) is 0 Å². The van der Waals surface area contributed by atoms with Crippen LogP contribution >= 0.6 is 0 Å². The second-order valence-corrected chi connectivity index (χ2v) is 4.81. The van der Waals surface area contributed by atoms with Crippen molar-refractivity contribution in [2.24, 2.45) is 0 Å². The fourth-order valence-corrected chi connectivity index (χ4v) is 2.43. The average Bonchev–Trinajstić information content (AvgIpc) is 2.79. The van der Waals surface area contributed by atoms with E-state index in [1.807, 2.05) is 18.2 Å². The molecule has 0 bridgehead atoms. The SMILES string of the molecule is CCN(CC)CCn1c(C(C)O)nc2ccccc21. The Labute approximate surface area is 114 Å². The van der Waals surface area contributed by atoms with E-state index in [0.717, 1.165) is 43.0 Å². The lowest BCUT2D eigenvalue weighted by Gasteiger charge is -2.19. The minimum atomic E-state index is -0.538. The van der Waals surface area contributed by atoms with Crippen molar-refractivity contribution in [1.29, 1.82) is 0 Å². The van der Waals surface area contributed by atoms with Crippen molar-refractivity contribution in [3.63, 3.8) is 0 Å². The molecule has 4 nitrogen and oxygen atoms in total. The third-order valence-corrected chi connectivity index (χ3v) is 3.59. The summed E-state index contributed by atoms with van der Waals surface area (Å²) in [6, 6.07) is 8.06. The molecule has 0 saturated heterocycles. The van der Waals surface area contributed by atoms with Crippen LogP contribution in [0.4, 0.5) is 0 Å². The minimum Gasteiger partial charge on any atom is -0.385 e. The molecule has 0 saturated carbocycles. The molecule has 1 unspecified atom stereocenters. The molecule has 2 rings (SSSR count). The topological polar surface area (TPSA) is 41.3 Å². The number of likely N-dealkylation sites (N-methyl/N-ethyl adjacent to an activating group) is 1. The second kappa shape index (κ2) is 6.17. The number of hydrogen-bond donors (Lipinski definition) is 1. The van der Waals surface area contributed by atoms with Crippen molar-refractivity contribution < 1.29 is 5.11 Å². The van der Waals surface area contributed by atoms with E-state index in [-0.39, 0.29) is 0 Å². The Bertz CT molecular complexity index is 529. The van der Waals surface area contributed by atoms with E-state index in [2.05, 4.69) is 34.4 Å². The van der Waals surface area contributed by atoms with E-state index in [4.69, 9.17) is 0 Å². The second-order valence-electron chi connectivity index (χ2n) is 4.81. The highest BCUT2D eigenvalue weighted by Gasteiger charge is 2.14. The smallest absolute Gasteiger partial charge is 0.138 e. The van der Waals surface area contributed by atoms with Crippen molar-refractivity contribution in [2.45, 2.75) is 33.4 Å². The van der Waals surface area contributed by atoms with Gasteiger partial charge in [-0.2, -0.15) is 0 Å². The van der Waals surface area contributed by atoms with E-state index in [9.17, 15) is 5.11 Å². The number of aliphatic hydroxyl groups is 1. The summed E-state index contributed by atoms with van der Waals surface area (Å²) in [5, 5.41) is 9.89. The first-order chi connectivity index (χ1) is 9.17. The van der Waals surface area contributed by atoms with Crippen LogP contribution in [-0.2, 0) is 6.54 Å². The van der Waals surface area contributed by atoms with Gasteiger partial charge in [-0.05, 0) is 32.1 Å². The summed E-state index contributed by atoms with van der Waals surface area (Å²) in [7, 11) is 0. The monoisotopic (exact) mass is 261 g/mol. The summed E-state index contributed by atoms with van der Waals surface area (Å²) in [5.41, 5.74) is 2.06. The van der Waals surface area contributed by atoms with Crippen LogP contribution in [-0.4, -0.2) is 39.2 Å². The molecule has 1 heterocycles. The molecule has 0 aliphatic heterocycles. The number of aliphatic hydroxyl groups excluding tert-OH is 1. The highest BCUT2D eigenvalue weighted by atomic mass is 16.3. The molecular weight excluding hydrogens is 238 g/mol. The lowest BCUT2D eigenvalue weighted by atomic mass is 10.3. The molecule has 1 atom stereocenters. The summed E-state index contributed by atoms with van der Waals surface area (Å²) >= 11 is 0. The molecule has 0 aliphatic rings. The standard InChI is InChI=1S/C15H23N3O/c1-4-17(5-2)10-11-18-14-9-7-6-8-13(14)16-15(18)12(3)19/h6-9,12,19H,4-5,10-11H2,1-3H3. The number of para-hydroxylation sites is 2. The molecule has 4 heteroatoms.